The van der Waals surface area contributed by atoms with Crippen molar-refractivity contribution >= 4 is 0 Å². The lowest BCUT2D eigenvalue weighted by atomic mass is 10.2. The number of hydrogen-bond donors (Lipinski definition) is 0. The van der Waals surface area contributed by atoms with Gasteiger partial charge < -0.3 is 4.74 Å². The molecule has 76 valence electrons. The van der Waals surface area contributed by atoms with E-state index in [1.54, 1.807) is 12.4 Å². The van der Waals surface area contributed by atoms with E-state index in [4.69, 9.17) is 4.74 Å². The molecule has 1 aromatic heterocycles. The molecule has 0 amide bonds. The van der Waals surface area contributed by atoms with E-state index < -0.39 is 0 Å². The minimum absolute atomic E-state index is 0.690. The van der Waals surface area contributed by atoms with Crippen LogP contribution in [-0.2, 0) is 6.42 Å². The lowest BCUT2D eigenvalue weighted by molar-refractivity contribution is 0.320. The summed E-state index contributed by atoms with van der Waals surface area (Å²) >= 11 is 0. The molecule has 0 saturated heterocycles. The van der Waals surface area contributed by atoms with Crippen LogP contribution < -0.4 is 4.74 Å². The Labute approximate surface area is 89.6 Å². The fourth-order valence-corrected chi connectivity index (χ4v) is 1.36. The van der Waals surface area contributed by atoms with E-state index in [1.165, 1.54) is 5.56 Å². The molecule has 0 aliphatic rings. The molecule has 0 spiro atoms. The van der Waals surface area contributed by atoms with Crippen LogP contribution in [-0.4, -0.2) is 11.6 Å². The smallest absolute Gasteiger partial charge is 0.137 e. The Bertz CT molecular complexity index is 346. The molecule has 15 heavy (non-hydrogen) atoms. The molecule has 0 N–H and O–H groups in total. The van der Waals surface area contributed by atoms with Gasteiger partial charge in [-0.05, 0) is 17.7 Å². The van der Waals surface area contributed by atoms with Crippen molar-refractivity contribution in [3.05, 3.63) is 60.4 Å². The Morgan fingerprint density at radius 3 is 2.60 bits per heavy atom. The van der Waals surface area contributed by atoms with Crippen molar-refractivity contribution in [2.75, 3.05) is 6.61 Å². The van der Waals surface area contributed by atoms with Crippen molar-refractivity contribution in [1.29, 1.82) is 0 Å². The van der Waals surface area contributed by atoms with Crippen molar-refractivity contribution in [1.82, 2.24) is 4.98 Å². The van der Waals surface area contributed by atoms with Crippen LogP contribution in [0.25, 0.3) is 0 Å². The zero-order valence-electron chi connectivity index (χ0n) is 8.47. The summed E-state index contributed by atoms with van der Waals surface area (Å²) in [6, 6.07) is 14.1. The van der Waals surface area contributed by atoms with Gasteiger partial charge in [-0.1, -0.05) is 30.3 Å². The molecular formula is C13H13NO. The van der Waals surface area contributed by atoms with Crippen molar-refractivity contribution in [3.63, 3.8) is 0 Å². The Kier molecular flexibility index (Phi) is 3.34. The quantitative estimate of drug-likeness (QED) is 0.755. The molecule has 0 fully saturated rings. The van der Waals surface area contributed by atoms with E-state index in [1.807, 2.05) is 30.3 Å². The minimum Gasteiger partial charge on any atom is -0.492 e. The fraction of sp³-hybridized carbons (Fsp3) is 0.154. The Morgan fingerprint density at radius 2 is 1.87 bits per heavy atom. The highest BCUT2D eigenvalue weighted by Crippen LogP contribution is 2.07. The van der Waals surface area contributed by atoms with Gasteiger partial charge in [0.05, 0.1) is 12.8 Å². The molecule has 0 aliphatic heterocycles. The first kappa shape index (κ1) is 9.71. The second-order valence-electron chi connectivity index (χ2n) is 3.27. The summed E-state index contributed by atoms with van der Waals surface area (Å²) in [5.74, 6) is 0.827. The minimum atomic E-state index is 0.690. The summed E-state index contributed by atoms with van der Waals surface area (Å²) in [7, 11) is 0. The van der Waals surface area contributed by atoms with Crippen molar-refractivity contribution < 1.29 is 4.74 Å². The first-order valence-electron chi connectivity index (χ1n) is 5.02. The predicted molar refractivity (Wildman–Crippen MR) is 59.9 cm³/mol. The summed E-state index contributed by atoms with van der Waals surface area (Å²) < 4.78 is 5.55. The van der Waals surface area contributed by atoms with E-state index in [0.29, 0.717) is 6.61 Å². The van der Waals surface area contributed by atoms with Crippen LogP contribution in [0.3, 0.4) is 0 Å². The van der Waals surface area contributed by atoms with Crippen LogP contribution in [0.1, 0.15) is 5.56 Å². The van der Waals surface area contributed by atoms with Crippen molar-refractivity contribution in [3.8, 4) is 5.75 Å². The maximum absolute atomic E-state index is 5.55. The van der Waals surface area contributed by atoms with Gasteiger partial charge in [-0.2, -0.15) is 0 Å². The molecule has 2 aromatic rings. The number of hydrogen-bond acceptors (Lipinski definition) is 2. The highest BCUT2D eigenvalue weighted by Gasteiger charge is 1.93. The zero-order chi connectivity index (χ0) is 10.3. The van der Waals surface area contributed by atoms with Gasteiger partial charge in [-0.25, -0.2) is 0 Å². The summed E-state index contributed by atoms with van der Waals surface area (Å²) in [5.41, 5.74) is 1.29. The van der Waals surface area contributed by atoms with Crippen molar-refractivity contribution in [2.45, 2.75) is 6.42 Å². The third-order valence-electron chi connectivity index (χ3n) is 2.14. The van der Waals surface area contributed by atoms with Crippen LogP contribution in [0.5, 0.6) is 5.75 Å². The van der Waals surface area contributed by atoms with Gasteiger partial charge in [0.25, 0.3) is 0 Å². The molecule has 0 aliphatic carbocycles. The number of ether oxygens (including phenoxy) is 1. The zero-order valence-corrected chi connectivity index (χ0v) is 8.47. The van der Waals surface area contributed by atoms with Crippen LogP contribution in [0.4, 0.5) is 0 Å². The van der Waals surface area contributed by atoms with E-state index in [0.717, 1.165) is 12.2 Å². The molecule has 0 atom stereocenters. The van der Waals surface area contributed by atoms with E-state index in [-0.39, 0.29) is 0 Å². The normalized spacial score (nSPS) is 9.87. The van der Waals surface area contributed by atoms with Crippen LogP contribution >= 0.6 is 0 Å². The summed E-state index contributed by atoms with van der Waals surface area (Å²) in [4.78, 5) is 3.99. The lowest BCUT2D eigenvalue weighted by Crippen LogP contribution is -2.01. The average Bonchev–Trinajstić information content (AvgIpc) is 2.32. The lowest BCUT2D eigenvalue weighted by Gasteiger charge is -2.04. The maximum atomic E-state index is 5.55. The molecule has 2 nitrogen and oxygen atoms in total. The SMILES string of the molecule is c1ccc(CCOc2cccnc2)cc1. The van der Waals surface area contributed by atoms with Gasteiger partial charge in [0, 0.05) is 12.6 Å². The molecule has 0 saturated carbocycles. The van der Waals surface area contributed by atoms with E-state index in [2.05, 4.69) is 17.1 Å². The maximum Gasteiger partial charge on any atom is 0.137 e. The third kappa shape index (κ3) is 3.09. The Morgan fingerprint density at radius 1 is 1.00 bits per heavy atom. The van der Waals surface area contributed by atoms with Crippen LogP contribution in [0.15, 0.2) is 54.9 Å². The van der Waals surface area contributed by atoms with Crippen LogP contribution in [0.2, 0.25) is 0 Å². The second kappa shape index (κ2) is 5.15. The average molecular weight is 199 g/mol. The molecular weight excluding hydrogens is 186 g/mol. The summed E-state index contributed by atoms with van der Waals surface area (Å²) in [5, 5.41) is 0. The fourth-order valence-electron chi connectivity index (χ4n) is 1.36. The standard InChI is InChI=1S/C13H13NO/c1-2-5-12(6-3-1)8-10-15-13-7-4-9-14-11-13/h1-7,9,11H,8,10H2. The van der Waals surface area contributed by atoms with E-state index >= 15 is 0 Å². The molecule has 0 unspecified atom stereocenters. The largest absolute Gasteiger partial charge is 0.492 e. The first-order valence-corrected chi connectivity index (χ1v) is 5.02. The van der Waals surface area contributed by atoms with Gasteiger partial charge >= 0.3 is 0 Å². The van der Waals surface area contributed by atoms with Gasteiger partial charge in [0.2, 0.25) is 0 Å². The summed E-state index contributed by atoms with van der Waals surface area (Å²) in [6.07, 6.45) is 4.39. The number of nitrogens with zero attached hydrogens (tertiary/aromatic N) is 1. The highest BCUT2D eigenvalue weighted by atomic mass is 16.5. The van der Waals surface area contributed by atoms with Crippen LogP contribution in [0, 0.1) is 0 Å². The number of aromatic nitrogens is 1. The monoisotopic (exact) mass is 199 g/mol. The molecule has 2 rings (SSSR count). The summed E-state index contributed by atoms with van der Waals surface area (Å²) in [6.45, 7) is 0.690. The second-order valence-corrected chi connectivity index (χ2v) is 3.27. The Hall–Kier alpha value is -1.83. The molecule has 1 aromatic carbocycles. The van der Waals surface area contributed by atoms with E-state index in [9.17, 15) is 0 Å². The molecule has 0 bridgehead atoms. The third-order valence-corrected chi connectivity index (χ3v) is 2.14. The molecule has 2 heteroatoms. The van der Waals surface area contributed by atoms with Crippen molar-refractivity contribution in [2.24, 2.45) is 0 Å². The number of pyridine rings is 1. The first-order chi connectivity index (χ1) is 7.45. The highest BCUT2D eigenvalue weighted by molar-refractivity contribution is 5.17. The van der Waals surface area contributed by atoms with Gasteiger partial charge in [-0.15, -0.1) is 0 Å². The molecule has 0 radical (unpaired) electrons. The van der Waals surface area contributed by atoms with Gasteiger partial charge in [0.15, 0.2) is 0 Å². The number of rotatable bonds is 4. The van der Waals surface area contributed by atoms with Gasteiger partial charge in [0.1, 0.15) is 5.75 Å². The van der Waals surface area contributed by atoms with Gasteiger partial charge in [-0.3, -0.25) is 4.98 Å². The Balaban J connectivity index is 1.81. The number of benzene rings is 1. The topological polar surface area (TPSA) is 22.1 Å². The predicted octanol–water partition coefficient (Wildman–Crippen LogP) is 2.70. The molecule has 1 heterocycles.